The number of H-pyrrole nitrogens is 2. The van der Waals surface area contributed by atoms with Crippen LogP contribution in [0.2, 0.25) is 0 Å². The molecule has 9 heteroatoms. The predicted octanol–water partition coefficient (Wildman–Crippen LogP) is 5.38. The molecule has 6 aromatic rings. The zero-order chi connectivity index (χ0) is 27.6. The number of aromatic nitrogens is 4. The molecule has 0 spiro atoms. The Hall–Kier alpha value is -5.44. The maximum Gasteiger partial charge on any atom is 0.335 e. The van der Waals surface area contributed by atoms with Gasteiger partial charge in [0.15, 0.2) is 0 Å². The number of carboxylic acid groups (broad SMARTS) is 1. The van der Waals surface area contributed by atoms with Gasteiger partial charge in [0.25, 0.3) is 0 Å². The van der Waals surface area contributed by atoms with Crippen LogP contribution in [-0.2, 0) is 13.0 Å². The molecular formula is C31H26N6O3. The number of rotatable bonds is 9. The van der Waals surface area contributed by atoms with E-state index in [1.165, 1.54) is 0 Å². The summed E-state index contributed by atoms with van der Waals surface area (Å²) in [5.74, 6) is 1.08. The Kier molecular flexibility index (Phi) is 6.45. The molecule has 6 N–H and O–H groups in total. The third-order valence-electron chi connectivity index (χ3n) is 6.82. The van der Waals surface area contributed by atoms with Crippen molar-refractivity contribution in [3.63, 3.8) is 0 Å². The van der Waals surface area contributed by atoms with Crippen molar-refractivity contribution in [3.05, 3.63) is 125 Å². The Morgan fingerprint density at radius 3 is 2.27 bits per heavy atom. The second-order valence-corrected chi connectivity index (χ2v) is 9.60. The number of para-hydroxylation sites is 2. The summed E-state index contributed by atoms with van der Waals surface area (Å²) in [6, 6.07) is 28.0. The number of ether oxygens (including phenoxy) is 1. The fourth-order valence-electron chi connectivity index (χ4n) is 4.74. The smallest absolute Gasteiger partial charge is 0.335 e. The minimum Gasteiger partial charge on any atom is -0.489 e. The molecule has 198 valence electrons. The van der Waals surface area contributed by atoms with Crippen molar-refractivity contribution in [2.75, 3.05) is 0 Å². The first-order chi connectivity index (χ1) is 19.4. The van der Waals surface area contributed by atoms with Gasteiger partial charge in [0.1, 0.15) is 29.8 Å². The van der Waals surface area contributed by atoms with E-state index in [4.69, 9.17) is 25.8 Å². The van der Waals surface area contributed by atoms with Crippen LogP contribution in [0, 0.1) is 5.41 Å². The minimum atomic E-state index is -0.964. The largest absolute Gasteiger partial charge is 0.489 e. The first kappa shape index (κ1) is 24.9. The van der Waals surface area contributed by atoms with Gasteiger partial charge in [-0.15, -0.1) is 0 Å². The fraction of sp³-hybridized carbons (Fsp3) is 0.0968. The van der Waals surface area contributed by atoms with Crippen LogP contribution in [-0.4, -0.2) is 36.8 Å². The van der Waals surface area contributed by atoms with Crippen molar-refractivity contribution in [2.45, 2.75) is 18.9 Å². The summed E-state index contributed by atoms with van der Waals surface area (Å²) in [5, 5.41) is 17.0. The van der Waals surface area contributed by atoms with Crippen molar-refractivity contribution in [1.82, 2.24) is 19.9 Å². The highest BCUT2D eigenvalue weighted by Crippen LogP contribution is 2.29. The van der Waals surface area contributed by atoms with Crippen LogP contribution in [0.15, 0.2) is 91.0 Å². The van der Waals surface area contributed by atoms with E-state index in [0.717, 1.165) is 44.8 Å². The lowest BCUT2D eigenvalue weighted by molar-refractivity contribution is 0.0696. The maximum absolute atomic E-state index is 11.2. The Labute approximate surface area is 229 Å². The summed E-state index contributed by atoms with van der Waals surface area (Å²) in [5.41, 5.74) is 11.8. The van der Waals surface area contributed by atoms with Gasteiger partial charge in [-0.05, 0) is 72.1 Å². The molecule has 40 heavy (non-hydrogen) atoms. The Bertz CT molecular complexity index is 1820. The zero-order valence-corrected chi connectivity index (χ0v) is 21.4. The van der Waals surface area contributed by atoms with Gasteiger partial charge in [-0.3, -0.25) is 5.41 Å². The summed E-state index contributed by atoms with van der Waals surface area (Å²) >= 11 is 0. The first-order valence-corrected chi connectivity index (χ1v) is 12.8. The first-order valence-electron chi connectivity index (χ1n) is 12.8. The molecule has 2 heterocycles. The van der Waals surface area contributed by atoms with Gasteiger partial charge in [-0.1, -0.05) is 36.4 Å². The number of nitrogen functional groups attached to an aromatic ring is 1. The number of carbonyl (C=O) groups is 1. The Morgan fingerprint density at radius 1 is 0.825 bits per heavy atom. The Morgan fingerprint density at radius 2 is 1.55 bits per heavy atom. The summed E-state index contributed by atoms with van der Waals surface area (Å²) < 4.78 is 5.91. The van der Waals surface area contributed by atoms with E-state index in [2.05, 4.69) is 9.97 Å². The number of hydrogen-bond acceptors (Lipinski definition) is 5. The normalized spacial score (nSPS) is 12.0. The molecule has 2 aromatic heterocycles. The van der Waals surface area contributed by atoms with Crippen molar-refractivity contribution in [1.29, 1.82) is 5.41 Å². The molecule has 0 radical (unpaired) electrons. The zero-order valence-electron chi connectivity index (χ0n) is 21.4. The number of nitrogens with zero attached hydrogens (tertiary/aromatic N) is 2. The van der Waals surface area contributed by atoms with Crippen LogP contribution in [0.4, 0.5) is 0 Å². The molecular weight excluding hydrogens is 504 g/mol. The maximum atomic E-state index is 11.2. The molecule has 0 aliphatic carbocycles. The molecule has 9 nitrogen and oxygen atoms in total. The van der Waals surface area contributed by atoms with Crippen molar-refractivity contribution in [2.24, 2.45) is 5.73 Å². The summed E-state index contributed by atoms with van der Waals surface area (Å²) in [4.78, 5) is 27.9. The number of fused-ring (bicyclic) bond motifs is 2. The topological polar surface area (TPSA) is 154 Å². The Balaban J connectivity index is 1.27. The predicted molar refractivity (Wildman–Crippen MR) is 153 cm³/mol. The summed E-state index contributed by atoms with van der Waals surface area (Å²) in [6.45, 7) is 0.267. The van der Waals surface area contributed by atoms with E-state index in [0.29, 0.717) is 17.7 Å². The summed E-state index contributed by atoms with van der Waals surface area (Å²) in [7, 11) is 0. The molecule has 0 amide bonds. The van der Waals surface area contributed by atoms with Gasteiger partial charge in [0, 0.05) is 5.56 Å². The number of amidine groups is 1. The standard InChI is InChI=1S/C31H26N6O3/c32-28(33)20-10-13-26-27(16-20)37-30(36-26)23(29-34-24-6-1-2-7-25(24)35-29)15-18-8-11-22(12-9-18)40-17-19-4-3-5-21(14-19)31(38)39/h1-14,16,23H,15,17H2,(H3,32,33)(H,34,35)(H,36,37)(H,38,39). The van der Waals surface area contributed by atoms with Gasteiger partial charge in [0.2, 0.25) is 0 Å². The van der Waals surface area contributed by atoms with Crippen LogP contribution in [0.3, 0.4) is 0 Å². The van der Waals surface area contributed by atoms with Crippen LogP contribution in [0.1, 0.15) is 44.6 Å². The number of benzene rings is 4. The van der Waals surface area contributed by atoms with E-state index < -0.39 is 5.97 Å². The van der Waals surface area contributed by atoms with Crippen LogP contribution in [0.5, 0.6) is 5.75 Å². The second kappa shape index (κ2) is 10.4. The fourth-order valence-corrected chi connectivity index (χ4v) is 4.74. The summed E-state index contributed by atoms with van der Waals surface area (Å²) in [6.07, 6.45) is 0.625. The lowest BCUT2D eigenvalue weighted by atomic mass is 9.98. The van der Waals surface area contributed by atoms with E-state index in [1.54, 1.807) is 24.3 Å². The number of nitrogens with one attached hydrogen (secondary N) is 3. The van der Waals surface area contributed by atoms with Gasteiger partial charge in [-0.25, -0.2) is 14.8 Å². The lowest BCUT2D eigenvalue weighted by Gasteiger charge is -2.13. The molecule has 0 aliphatic rings. The number of imidazole rings is 2. The minimum absolute atomic E-state index is 0.00261. The highest BCUT2D eigenvalue weighted by atomic mass is 16.5. The van der Waals surface area contributed by atoms with Crippen molar-refractivity contribution < 1.29 is 14.6 Å². The van der Waals surface area contributed by atoms with Crippen LogP contribution < -0.4 is 10.5 Å². The van der Waals surface area contributed by atoms with Gasteiger partial charge in [-0.2, -0.15) is 0 Å². The third-order valence-corrected chi connectivity index (χ3v) is 6.82. The molecule has 6 rings (SSSR count). The lowest BCUT2D eigenvalue weighted by Crippen LogP contribution is -2.10. The van der Waals surface area contributed by atoms with E-state index in [-0.39, 0.29) is 23.9 Å². The molecule has 0 saturated carbocycles. The van der Waals surface area contributed by atoms with E-state index in [1.807, 2.05) is 66.7 Å². The highest BCUT2D eigenvalue weighted by Gasteiger charge is 2.23. The molecule has 0 aliphatic heterocycles. The third kappa shape index (κ3) is 5.12. The van der Waals surface area contributed by atoms with Crippen LogP contribution >= 0.6 is 0 Å². The molecule has 0 fully saturated rings. The average molecular weight is 531 g/mol. The quantitative estimate of drug-likeness (QED) is 0.125. The SMILES string of the molecule is N=C(N)c1ccc2[nH]c(C(Cc3ccc(OCc4cccc(C(=O)O)c4)cc3)c3nc4ccccc4[nH]3)nc2c1. The number of aromatic amines is 2. The van der Waals surface area contributed by atoms with Crippen molar-refractivity contribution >= 4 is 33.9 Å². The second-order valence-electron chi connectivity index (χ2n) is 9.60. The van der Waals surface area contributed by atoms with E-state index in [9.17, 15) is 9.90 Å². The van der Waals surface area contributed by atoms with E-state index >= 15 is 0 Å². The van der Waals surface area contributed by atoms with Gasteiger partial charge >= 0.3 is 5.97 Å². The monoisotopic (exact) mass is 530 g/mol. The number of hydrogen-bond donors (Lipinski definition) is 5. The molecule has 1 unspecified atom stereocenters. The number of carboxylic acids is 1. The average Bonchev–Trinajstić information content (AvgIpc) is 3.59. The van der Waals surface area contributed by atoms with Gasteiger partial charge in [0.05, 0.1) is 33.5 Å². The van der Waals surface area contributed by atoms with Crippen LogP contribution in [0.25, 0.3) is 22.1 Å². The molecule has 0 saturated heterocycles. The molecule has 4 aromatic carbocycles. The number of nitrogens with two attached hydrogens (primary N) is 1. The molecule has 0 bridgehead atoms. The van der Waals surface area contributed by atoms with Crippen molar-refractivity contribution in [3.8, 4) is 5.75 Å². The molecule has 1 atom stereocenters. The highest BCUT2D eigenvalue weighted by molar-refractivity contribution is 5.98. The number of aromatic carboxylic acids is 1. The van der Waals surface area contributed by atoms with Gasteiger partial charge < -0.3 is 25.5 Å².